The smallest absolute Gasteiger partial charge is 0.191 e. The highest BCUT2D eigenvalue weighted by atomic mass is 127. The minimum absolute atomic E-state index is 0. The maximum Gasteiger partial charge on any atom is 0.191 e. The molecule has 0 bridgehead atoms. The lowest BCUT2D eigenvalue weighted by molar-refractivity contribution is 0.512. The number of aliphatic imine (C=N–C) groups is 1. The summed E-state index contributed by atoms with van der Waals surface area (Å²) in [6.07, 6.45) is 1.96. The van der Waals surface area contributed by atoms with E-state index in [0.717, 1.165) is 17.9 Å². The first-order valence-corrected chi connectivity index (χ1v) is 7.17. The van der Waals surface area contributed by atoms with Gasteiger partial charge in [0.2, 0.25) is 0 Å². The molecule has 4 nitrogen and oxygen atoms in total. The second kappa shape index (κ2) is 10.2. The highest BCUT2D eigenvalue weighted by Gasteiger charge is 2.04. The topological polar surface area (TPSA) is 49.6 Å². The van der Waals surface area contributed by atoms with Crippen LogP contribution in [0.15, 0.2) is 46.0 Å². The van der Waals surface area contributed by atoms with Crippen molar-refractivity contribution in [1.82, 2.24) is 10.6 Å². The van der Waals surface area contributed by atoms with Crippen molar-refractivity contribution in [3.63, 3.8) is 0 Å². The normalized spacial score (nSPS) is 11.0. The summed E-state index contributed by atoms with van der Waals surface area (Å²) in [7, 11) is 0. The van der Waals surface area contributed by atoms with Crippen LogP contribution in [0.2, 0.25) is 0 Å². The van der Waals surface area contributed by atoms with E-state index in [1.54, 1.807) is 12.3 Å². The number of furan rings is 1. The van der Waals surface area contributed by atoms with Gasteiger partial charge in [-0.05, 0) is 49.2 Å². The number of halogens is 3. The van der Waals surface area contributed by atoms with E-state index >= 15 is 0 Å². The summed E-state index contributed by atoms with van der Waals surface area (Å²) in [5.41, 5.74) is 0.342. The second-order valence-corrected chi connectivity index (χ2v) is 4.69. The van der Waals surface area contributed by atoms with Crippen LogP contribution in [0.3, 0.4) is 0 Å². The Labute approximate surface area is 151 Å². The number of nitrogens with one attached hydrogen (secondary N) is 2. The van der Waals surface area contributed by atoms with Crippen LogP contribution >= 0.6 is 24.0 Å². The monoisotopic (exact) mass is 435 g/mol. The number of guanidine groups is 1. The van der Waals surface area contributed by atoms with Gasteiger partial charge in [-0.25, -0.2) is 13.8 Å². The molecular weight excluding hydrogens is 415 g/mol. The first kappa shape index (κ1) is 19.4. The van der Waals surface area contributed by atoms with Crippen molar-refractivity contribution in [3.8, 4) is 0 Å². The molecule has 126 valence electrons. The van der Waals surface area contributed by atoms with E-state index < -0.39 is 11.6 Å². The summed E-state index contributed by atoms with van der Waals surface area (Å²) in [5, 5.41) is 6.17. The molecule has 0 radical (unpaired) electrons. The molecule has 0 atom stereocenters. The molecule has 0 amide bonds. The first-order valence-electron chi connectivity index (χ1n) is 7.17. The Bertz CT molecular complexity index is 618. The Morgan fingerprint density at radius 1 is 1.22 bits per heavy atom. The average molecular weight is 435 g/mol. The van der Waals surface area contributed by atoms with Crippen molar-refractivity contribution in [2.45, 2.75) is 19.9 Å². The van der Waals surface area contributed by atoms with Gasteiger partial charge in [0.15, 0.2) is 5.96 Å². The zero-order chi connectivity index (χ0) is 15.8. The van der Waals surface area contributed by atoms with Gasteiger partial charge >= 0.3 is 0 Å². The van der Waals surface area contributed by atoms with Gasteiger partial charge in [-0.1, -0.05) is 0 Å². The number of rotatable bonds is 6. The molecule has 1 aromatic carbocycles. The van der Waals surface area contributed by atoms with E-state index in [2.05, 4.69) is 15.6 Å². The van der Waals surface area contributed by atoms with Gasteiger partial charge < -0.3 is 15.1 Å². The quantitative estimate of drug-likeness (QED) is 0.415. The highest BCUT2D eigenvalue weighted by Crippen LogP contribution is 2.09. The van der Waals surface area contributed by atoms with Crippen LogP contribution in [0.25, 0.3) is 0 Å². The van der Waals surface area contributed by atoms with Gasteiger partial charge in [0.25, 0.3) is 0 Å². The molecule has 0 saturated carbocycles. The molecule has 0 unspecified atom stereocenters. The maximum atomic E-state index is 13.5. The zero-order valence-electron chi connectivity index (χ0n) is 12.8. The SMILES string of the molecule is CCNC(=NCc1ccco1)NCCc1cc(F)ccc1F.I. The van der Waals surface area contributed by atoms with E-state index in [-0.39, 0.29) is 24.0 Å². The first-order chi connectivity index (χ1) is 10.7. The van der Waals surface area contributed by atoms with Crippen LogP contribution in [-0.2, 0) is 13.0 Å². The fourth-order valence-corrected chi connectivity index (χ4v) is 1.95. The van der Waals surface area contributed by atoms with E-state index in [0.29, 0.717) is 37.6 Å². The third-order valence-electron chi connectivity index (χ3n) is 3.01. The Balaban J connectivity index is 0.00000264. The summed E-state index contributed by atoms with van der Waals surface area (Å²) in [4.78, 5) is 4.36. The van der Waals surface area contributed by atoms with Crippen LogP contribution in [0.4, 0.5) is 8.78 Å². The van der Waals surface area contributed by atoms with Crippen molar-refractivity contribution < 1.29 is 13.2 Å². The van der Waals surface area contributed by atoms with Gasteiger partial charge in [0, 0.05) is 13.1 Å². The summed E-state index contributed by atoms with van der Waals surface area (Å²) in [6.45, 7) is 3.52. The summed E-state index contributed by atoms with van der Waals surface area (Å²) < 4.78 is 31.8. The number of benzene rings is 1. The fourth-order valence-electron chi connectivity index (χ4n) is 1.95. The standard InChI is InChI=1S/C16H19F2N3O.HI/c1-2-19-16(21-11-14-4-3-9-22-14)20-8-7-12-10-13(17)5-6-15(12)18;/h3-6,9-10H,2,7-8,11H2,1H3,(H2,19,20,21);1H. The van der Waals surface area contributed by atoms with Gasteiger partial charge in [0.05, 0.1) is 6.26 Å². The minimum Gasteiger partial charge on any atom is -0.467 e. The van der Waals surface area contributed by atoms with Crippen molar-refractivity contribution >= 4 is 29.9 Å². The lowest BCUT2D eigenvalue weighted by Crippen LogP contribution is -2.38. The van der Waals surface area contributed by atoms with Gasteiger partial charge in [-0.2, -0.15) is 0 Å². The molecule has 2 aromatic rings. The van der Waals surface area contributed by atoms with Crippen molar-refractivity contribution in [2.24, 2.45) is 4.99 Å². The zero-order valence-corrected chi connectivity index (χ0v) is 15.1. The third-order valence-corrected chi connectivity index (χ3v) is 3.01. The molecule has 2 N–H and O–H groups in total. The second-order valence-electron chi connectivity index (χ2n) is 4.69. The fraction of sp³-hybridized carbons (Fsp3) is 0.312. The lowest BCUT2D eigenvalue weighted by atomic mass is 10.1. The molecule has 0 aliphatic rings. The number of hydrogen-bond acceptors (Lipinski definition) is 2. The van der Waals surface area contributed by atoms with E-state index in [9.17, 15) is 8.78 Å². The molecule has 0 aliphatic heterocycles. The predicted molar refractivity (Wildman–Crippen MR) is 97.0 cm³/mol. The van der Waals surface area contributed by atoms with Crippen molar-refractivity contribution in [2.75, 3.05) is 13.1 Å². The molecule has 1 heterocycles. The van der Waals surface area contributed by atoms with Gasteiger partial charge in [0.1, 0.15) is 23.9 Å². The predicted octanol–water partition coefficient (Wildman–Crippen LogP) is 3.47. The molecule has 1 aromatic heterocycles. The maximum absolute atomic E-state index is 13.5. The Kier molecular flexibility index (Phi) is 8.60. The average Bonchev–Trinajstić information content (AvgIpc) is 3.01. The van der Waals surface area contributed by atoms with Gasteiger partial charge in [-0.15, -0.1) is 24.0 Å². The third kappa shape index (κ3) is 6.55. The van der Waals surface area contributed by atoms with Crippen LogP contribution < -0.4 is 10.6 Å². The van der Waals surface area contributed by atoms with E-state index in [1.165, 1.54) is 6.07 Å². The Morgan fingerprint density at radius 2 is 2.04 bits per heavy atom. The minimum atomic E-state index is -0.435. The summed E-state index contributed by atoms with van der Waals surface area (Å²) in [6, 6.07) is 7.11. The molecule has 23 heavy (non-hydrogen) atoms. The molecule has 0 spiro atoms. The Morgan fingerprint density at radius 3 is 2.74 bits per heavy atom. The molecule has 0 saturated heterocycles. The Hall–Kier alpha value is -1.64. The van der Waals surface area contributed by atoms with Crippen LogP contribution in [0.1, 0.15) is 18.2 Å². The van der Waals surface area contributed by atoms with Crippen LogP contribution in [-0.4, -0.2) is 19.0 Å². The van der Waals surface area contributed by atoms with Crippen LogP contribution in [0, 0.1) is 11.6 Å². The summed E-state index contributed by atoms with van der Waals surface area (Å²) >= 11 is 0. The van der Waals surface area contributed by atoms with Gasteiger partial charge in [-0.3, -0.25) is 0 Å². The molecule has 2 rings (SSSR count). The molecule has 0 aliphatic carbocycles. The van der Waals surface area contributed by atoms with E-state index in [1.807, 2.05) is 13.0 Å². The number of nitrogens with zero attached hydrogens (tertiary/aromatic N) is 1. The lowest BCUT2D eigenvalue weighted by Gasteiger charge is -2.11. The largest absolute Gasteiger partial charge is 0.467 e. The van der Waals surface area contributed by atoms with Crippen molar-refractivity contribution in [1.29, 1.82) is 0 Å². The van der Waals surface area contributed by atoms with E-state index in [4.69, 9.17) is 4.42 Å². The molecule has 0 fully saturated rings. The summed E-state index contributed by atoms with van der Waals surface area (Å²) in [5.74, 6) is 0.527. The highest BCUT2D eigenvalue weighted by molar-refractivity contribution is 14.0. The number of hydrogen-bond donors (Lipinski definition) is 2. The van der Waals surface area contributed by atoms with Crippen LogP contribution in [0.5, 0.6) is 0 Å². The molecule has 7 heteroatoms. The van der Waals surface area contributed by atoms with Crippen molar-refractivity contribution in [3.05, 3.63) is 59.6 Å². The molecular formula is C16H20F2IN3O.